The fourth-order valence-corrected chi connectivity index (χ4v) is 2.93. The molecule has 0 aromatic carbocycles. The normalized spacial score (nSPS) is 26.2. The van der Waals surface area contributed by atoms with E-state index in [0.717, 1.165) is 18.5 Å². The van der Waals surface area contributed by atoms with Crippen molar-refractivity contribution in [2.75, 3.05) is 47.0 Å². The highest BCUT2D eigenvalue weighted by atomic mass is 19.1. The summed E-state index contributed by atoms with van der Waals surface area (Å²) in [7, 11) is 0. The Bertz CT molecular complexity index is 1540. The second-order valence-corrected chi connectivity index (χ2v) is 7.52. The molecule has 2 aliphatic rings. The number of nitrogens with one attached hydrogen (secondary N) is 3. The van der Waals surface area contributed by atoms with Gasteiger partial charge in [0.15, 0.2) is 28.8 Å². The van der Waals surface area contributed by atoms with Crippen molar-refractivity contribution in [3.05, 3.63) is 42.5 Å². The summed E-state index contributed by atoms with van der Waals surface area (Å²) in [6, 6.07) is 5.49. The van der Waals surface area contributed by atoms with E-state index < -0.39 is 49.3 Å². The summed E-state index contributed by atoms with van der Waals surface area (Å²) in [6.45, 7) is -9.56. The standard InChI is InChI=1S/C22H23FN8O3/c1-22(2)20(32)29-19-15(34-22)4-5-16(28-19)27-18-14(23)12-25-21(30-18)26-13-3-6-17(24-11-13)31-7-9-33-10-8-31/h3-6,11-12H,7-10H2,1-2H3,(H3,25,26,27,28,29,30,32)/i7D2,8D2,9D2,10D2. The van der Waals surface area contributed by atoms with E-state index in [4.69, 9.17) is 15.7 Å². The first-order valence-electron chi connectivity index (χ1n) is 13.9. The quantitative estimate of drug-likeness (QED) is 0.508. The number of hydrogen-bond donors (Lipinski definition) is 3. The van der Waals surface area contributed by atoms with Crippen LogP contribution < -0.4 is 25.6 Å². The van der Waals surface area contributed by atoms with Crippen molar-refractivity contribution in [1.29, 1.82) is 0 Å². The molecule has 1 fully saturated rings. The van der Waals surface area contributed by atoms with E-state index in [-0.39, 0.29) is 34.0 Å². The van der Waals surface area contributed by atoms with E-state index >= 15 is 0 Å². The average Bonchev–Trinajstić information content (AvgIpc) is 2.86. The highest BCUT2D eigenvalue weighted by molar-refractivity contribution is 5.99. The van der Waals surface area contributed by atoms with E-state index in [2.05, 4.69) is 40.6 Å². The van der Waals surface area contributed by atoms with Crippen LogP contribution in [-0.2, 0) is 9.53 Å². The number of morpholine rings is 1. The minimum Gasteiger partial charge on any atom is -0.474 e. The molecule has 2 aliphatic heterocycles. The first kappa shape index (κ1) is 14.3. The van der Waals surface area contributed by atoms with Crippen molar-refractivity contribution >= 4 is 40.8 Å². The third-order valence-electron chi connectivity index (χ3n) is 4.64. The van der Waals surface area contributed by atoms with Crippen LogP contribution in [0.3, 0.4) is 0 Å². The minimum absolute atomic E-state index is 0.102. The fraction of sp³-hybridized carbons (Fsp3) is 0.318. The molecule has 0 unspecified atom stereocenters. The number of halogens is 1. The van der Waals surface area contributed by atoms with Gasteiger partial charge in [-0.25, -0.2) is 19.3 Å². The lowest BCUT2D eigenvalue weighted by Crippen LogP contribution is -2.46. The van der Waals surface area contributed by atoms with Gasteiger partial charge in [-0.1, -0.05) is 0 Å². The Morgan fingerprint density at radius 3 is 2.71 bits per heavy atom. The third-order valence-corrected chi connectivity index (χ3v) is 4.64. The predicted octanol–water partition coefficient (Wildman–Crippen LogP) is 2.84. The van der Waals surface area contributed by atoms with Gasteiger partial charge in [-0.3, -0.25) is 4.79 Å². The molecule has 3 aromatic rings. The maximum atomic E-state index is 14.5. The Kier molecular flexibility index (Phi) is 3.65. The Labute approximate surface area is 206 Å². The van der Waals surface area contributed by atoms with E-state index in [1.807, 2.05) is 0 Å². The van der Waals surface area contributed by atoms with Crippen LogP contribution in [0.4, 0.5) is 39.3 Å². The average molecular weight is 475 g/mol. The number of carbonyl (C=O) groups excluding carboxylic acids is 1. The summed E-state index contributed by atoms with van der Waals surface area (Å²) in [5.74, 6) is -1.42. The largest absolute Gasteiger partial charge is 0.474 e. The molecule has 0 bridgehead atoms. The molecule has 5 heterocycles. The van der Waals surface area contributed by atoms with Gasteiger partial charge in [0.25, 0.3) is 5.91 Å². The predicted molar refractivity (Wildman–Crippen MR) is 123 cm³/mol. The highest BCUT2D eigenvalue weighted by Crippen LogP contribution is 2.33. The van der Waals surface area contributed by atoms with Crippen LogP contribution in [0.15, 0.2) is 36.7 Å². The Morgan fingerprint density at radius 1 is 1.12 bits per heavy atom. The summed E-state index contributed by atoms with van der Waals surface area (Å²) >= 11 is 0. The van der Waals surface area contributed by atoms with Gasteiger partial charge >= 0.3 is 0 Å². The van der Waals surface area contributed by atoms with E-state index in [1.54, 1.807) is 19.9 Å². The van der Waals surface area contributed by atoms with Crippen LogP contribution in [0.25, 0.3) is 0 Å². The number of hydrogen-bond acceptors (Lipinski definition) is 10. The molecule has 0 saturated carbocycles. The number of nitrogens with zero attached hydrogens (tertiary/aromatic N) is 5. The van der Waals surface area contributed by atoms with Crippen molar-refractivity contribution in [3.63, 3.8) is 0 Å². The molecular weight excluding hydrogens is 443 g/mol. The van der Waals surface area contributed by atoms with Crippen LogP contribution in [0.5, 0.6) is 5.75 Å². The topological polar surface area (TPSA) is 126 Å². The molecule has 1 amide bonds. The molecule has 0 atom stereocenters. The van der Waals surface area contributed by atoms with Gasteiger partial charge in [-0.15, -0.1) is 0 Å². The summed E-state index contributed by atoms with van der Waals surface area (Å²) in [6.07, 6.45) is 2.00. The number of ether oxygens (including phenoxy) is 2. The Morgan fingerprint density at radius 2 is 1.94 bits per heavy atom. The van der Waals surface area contributed by atoms with Gasteiger partial charge in [0, 0.05) is 13.0 Å². The molecule has 0 aliphatic carbocycles. The molecule has 34 heavy (non-hydrogen) atoms. The number of rotatable bonds is 5. The van der Waals surface area contributed by atoms with Crippen LogP contribution in [-0.4, -0.2) is 57.6 Å². The highest BCUT2D eigenvalue weighted by Gasteiger charge is 2.36. The second kappa shape index (κ2) is 8.71. The Hall–Kier alpha value is -4.06. The molecule has 3 aromatic heterocycles. The maximum absolute atomic E-state index is 14.5. The molecule has 3 N–H and O–H groups in total. The van der Waals surface area contributed by atoms with Crippen molar-refractivity contribution < 1.29 is 29.6 Å². The number of anilines is 6. The molecule has 176 valence electrons. The number of amides is 1. The first-order chi connectivity index (χ1) is 19.3. The SMILES string of the molecule is [2H]C1([2H])OC([2H])([2H])C([2H])([2H])N(c2ccc(Nc3ncc(F)c(Nc4ccc5c(n4)NC(=O)C(C)(C)O5)n3)cn2)C1([2H])[2H]. The van der Waals surface area contributed by atoms with Crippen molar-refractivity contribution in [2.24, 2.45) is 0 Å². The summed E-state index contributed by atoms with van der Waals surface area (Å²) < 4.78 is 88.5. The molecule has 1 saturated heterocycles. The number of aromatic nitrogens is 4. The van der Waals surface area contributed by atoms with Gasteiger partial charge in [-0.05, 0) is 38.1 Å². The minimum atomic E-state index is -3.23. The van der Waals surface area contributed by atoms with E-state index in [9.17, 15) is 9.18 Å². The summed E-state index contributed by atoms with van der Waals surface area (Å²) in [4.78, 5) is 28.6. The monoisotopic (exact) mass is 474 g/mol. The van der Waals surface area contributed by atoms with Crippen LogP contribution in [0.1, 0.15) is 24.8 Å². The molecule has 0 spiro atoms. The van der Waals surface area contributed by atoms with Crippen LogP contribution in [0.2, 0.25) is 0 Å². The van der Waals surface area contributed by atoms with Crippen LogP contribution >= 0.6 is 0 Å². The van der Waals surface area contributed by atoms with Gasteiger partial charge in [0.1, 0.15) is 11.6 Å². The lowest BCUT2D eigenvalue weighted by molar-refractivity contribution is -0.129. The third kappa shape index (κ3) is 4.53. The molecule has 0 radical (unpaired) electrons. The number of pyridine rings is 2. The summed E-state index contributed by atoms with van der Waals surface area (Å²) in [5.41, 5.74) is -0.886. The van der Waals surface area contributed by atoms with Crippen molar-refractivity contribution in [1.82, 2.24) is 19.9 Å². The Balaban J connectivity index is 1.36. The zero-order valence-corrected chi connectivity index (χ0v) is 17.8. The number of fused-ring (bicyclic) bond motifs is 1. The molecular formula is C22H23FN8O3. The van der Waals surface area contributed by atoms with Gasteiger partial charge < -0.3 is 30.3 Å². The lowest BCUT2D eigenvalue weighted by atomic mass is 10.1. The van der Waals surface area contributed by atoms with Crippen molar-refractivity contribution in [2.45, 2.75) is 19.4 Å². The zero-order valence-electron chi connectivity index (χ0n) is 25.8. The molecule has 11 nitrogen and oxygen atoms in total. The van der Waals surface area contributed by atoms with E-state index in [1.165, 1.54) is 12.1 Å². The maximum Gasteiger partial charge on any atom is 0.269 e. The second-order valence-electron chi connectivity index (χ2n) is 7.52. The number of carbonyl (C=O) groups is 1. The smallest absolute Gasteiger partial charge is 0.269 e. The van der Waals surface area contributed by atoms with E-state index in [0.29, 0.717) is 5.75 Å². The first-order valence-corrected chi connectivity index (χ1v) is 9.89. The molecule has 12 heteroatoms. The molecule has 5 rings (SSSR count). The van der Waals surface area contributed by atoms with Crippen molar-refractivity contribution in [3.8, 4) is 5.75 Å². The van der Waals surface area contributed by atoms with Gasteiger partial charge in [0.2, 0.25) is 5.95 Å². The fourth-order valence-electron chi connectivity index (χ4n) is 2.93. The van der Waals surface area contributed by atoms with Crippen LogP contribution in [0, 0.1) is 5.82 Å². The zero-order chi connectivity index (χ0) is 30.9. The van der Waals surface area contributed by atoms with Gasteiger partial charge in [0.05, 0.1) is 42.2 Å². The lowest BCUT2D eigenvalue weighted by Gasteiger charge is -2.30. The van der Waals surface area contributed by atoms with Gasteiger partial charge in [-0.2, -0.15) is 4.98 Å². The summed E-state index contributed by atoms with van der Waals surface area (Å²) in [5, 5.41) is 8.08.